The Bertz CT molecular complexity index is 3220. The summed E-state index contributed by atoms with van der Waals surface area (Å²) in [6.45, 7) is 0. The fourth-order valence-corrected chi connectivity index (χ4v) is 15.2. The molecule has 16 rings (SSSR count). The number of cyclic esters (lactones) is 20. The van der Waals surface area contributed by atoms with E-state index < -0.39 is 220 Å². The van der Waals surface area contributed by atoms with Gasteiger partial charge in [-0.15, -0.1) is 0 Å². The first-order chi connectivity index (χ1) is 40.4. The molecule has 10 heterocycles. The molecule has 85 heavy (non-hydrogen) atoms. The van der Waals surface area contributed by atoms with Gasteiger partial charge in [-0.3, -0.25) is 95.9 Å². The van der Waals surface area contributed by atoms with E-state index in [1.807, 2.05) is 12.1 Å². The van der Waals surface area contributed by atoms with Crippen LogP contribution in [0.15, 0.2) is 24.3 Å². The molecule has 0 aromatic heterocycles. The molecule has 6 bridgehead atoms. The predicted octanol–water partition coefficient (Wildman–Crippen LogP) is -1.70. The van der Waals surface area contributed by atoms with Crippen molar-refractivity contribution in [2.24, 2.45) is 107 Å². The van der Waals surface area contributed by atoms with Gasteiger partial charge in [0.2, 0.25) is 0 Å². The van der Waals surface area contributed by atoms with Crippen LogP contribution in [0.4, 0.5) is 0 Å². The van der Waals surface area contributed by atoms with Crippen molar-refractivity contribution in [3.8, 4) is 0 Å². The van der Waals surface area contributed by atoms with Crippen molar-refractivity contribution in [3.63, 3.8) is 0 Å². The smallest absolute Gasteiger partial charge is 0.321 e. The molecular weight excluding hydrogens is 1140 g/mol. The Balaban J connectivity index is 0.000000105. The summed E-state index contributed by atoms with van der Waals surface area (Å²) in [5.41, 5.74) is 1.54. The molecule has 1 aromatic rings. The van der Waals surface area contributed by atoms with Gasteiger partial charge in [-0.05, 0) is 66.9 Å². The van der Waals surface area contributed by atoms with Crippen molar-refractivity contribution in [2.45, 2.75) is 69.6 Å². The Kier molecular flexibility index (Phi) is 13.7. The molecule has 30 heteroatoms. The third-order valence-electron chi connectivity index (χ3n) is 18.9. The molecule has 0 amide bonds. The summed E-state index contributed by atoms with van der Waals surface area (Å²) in [5.74, 6) is -23.1. The van der Waals surface area contributed by atoms with Gasteiger partial charge < -0.3 is 47.4 Å². The van der Waals surface area contributed by atoms with Crippen molar-refractivity contribution < 1.29 is 143 Å². The number of rotatable bonds is 3. The van der Waals surface area contributed by atoms with Crippen molar-refractivity contribution in [1.82, 2.24) is 0 Å². The second-order valence-corrected chi connectivity index (χ2v) is 23.0. The summed E-state index contributed by atoms with van der Waals surface area (Å²) in [5, 5.41) is 0. The Morgan fingerprint density at radius 2 is 0.600 bits per heavy atom. The molecule has 14 fully saturated rings. The molecule has 5 aliphatic carbocycles. The summed E-state index contributed by atoms with van der Waals surface area (Å²) in [7, 11) is 0. The SMILES string of the molecule is O=C1CC(C2CC3C(=O)OC(=O)C3c3ccccc32)C(=O)O1.O=C1CC(CC2CC(=O)OC2=O)C(=O)O1.O=C1CC2C3CC(C(=O)OC3=O)C2C(=O)O1.O=C1OC(=O)C2C1C1C(=O)OC(=O)C21.O=C1OC(=O)C2CC1C1C3CC(C(=O)OC3=O)C21. The van der Waals surface area contributed by atoms with E-state index in [0.29, 0.717) is 31.2 Å². The maximum atomic E-state index is 11.9. The maximum Gasteiger partial charge on any atom is 0.321 e. The highest BCUT2D eigenvalue weighted by molar-refractivity contribution is 6.10. The Morgan fingerprint density at radius 1 is 0.271 bits per heavy atom. The number of carbonyl (C=O) groups is 20. The Hall–Kier alpha value is -9.38. The number of esters is 20. The van der Waals surface area contributed by atoms with Crippen molar-refractivity contribution in [1.29, 1.82) is 0 Å². The third-order valence-corrected chi connectivity index (χ3v) is 18.9. The molecule has 0 N–H and O–H groups in total. The molecule has 1 aromatic carbocycles. The monoisotopic (exact) mass is 1180 g/mol. The van der Waals surface area contributed by atoms with Crippen LogP contribution in [0.2, 0.25) is 0 Å². The third kappa shape index (κ3) is 9.31. The zero-order valence-corrected chi connectivity index (χ0v) is 43.5. The van der Waals surface area contributed by atoms with Gasteiger partial charge in [0.15, 0.2) is 0 Å². The highest BCUT2D eigenvalue weighted by atomic mass is 16.6. The molecule has 14 atom stereocenters. The van der Waals surface area contributed by atoms with Gasteiger partial charge in [0, 0.05) is 0 Å². The van der Waals surface area contributed by atoms with E-state index >= 15 is 0 Å². The van der Waals surface area contributed by atoms with E-state index in [2.05, 4.69) is 33.2 Å². The van der Waals surface area contributed by atoms with Gasteiger partial charge in [-0.2, -0.15) is 0 Å². The zero-order valence-electron chi connectivity index (χ0n) is 43.5. The number of benzene rings is 1. The number of fused-ring (bicyclic) bond motifs is 21. The fraction of sp³-hybridized carbons (Fsp3) is 0.527. The van der Waals surface area contributed by atoms with Gasteiger partial charge in [0.1, 0.15) is 0 Å². The highest BCUT2D eigenvalue weighted by Crippen LogP contribution is 2.61. The molecule has 0 radical (unpaired) electrons. The molecule has 10 aliphatic heterocycles. The van der Waals surface area contributed by atoms with E-state index in [1.165, 1.54) is 0 Å². The average molecular weight is 1180 g/mol. The van der Waals surface area contributed by atoms with Gasteiger partial charge in [0.25, 0.3) is 0 Å². The normalized spacial score (nSPS) is 39.4. The molecule has 4 saturated carbocycles. The van der Waals surface area contributed by atoms with Crippen molar-refractivity contribution >= 4 is 119 Å². The summed E-state index contributed by atoms with van der Waals surface area (Å²) in [6.07, 6.45) is 1.59. The molecular formula is C55H42O30. The van der Waals surface area contributed by atoms with Crippen LogP contribution in [0, 0.1) is 107 Å². The predicted molar refractivity (Wildman–Crippen MR) is 247 cm³/mol. The summed E-state index contributed by atoms with van der Waals surface area (Å²) >= 11 is 0. The summed E-state index contributed by atoms with van der Waals surface area (Å²) in [6, 6.07) is 7.21. The number of carbonyl (C=O) groups excluding carboxylic acids is 20. The first kappa shape index (κ1) is 56.1. The van der Waals surface area contributed by atoms with Crippen LogP contribution in [0.1, 0.15) is 80.8 Å². The molecule has 10 saturated heterocycles. The van der Waals surface area contributed by atoms with E-state index in [-0.39, 0.29) is 49.9 Å². The van der Waals surface area contributed by atoms with E-state index in [4.69, 9.17) is 14.2 Å². The number of hydrogen-bond donors (Lipinski definition) is 0. The molecule has 442 valence electrons. The lowest BCUT2D eigenvalue weighted by Crippen LogP contribution is -2.50. The van der Waals surface area contributed by atoms with Gasteiger partial charge in [0.05, 0.1) is 120 Å². The van der Waals surface area contributed by atoms with Crippen molar-refractivity contribution in [2.75, 3.05) is 0 Å². The lowest BCUT2D eigenvalue weighted by molar-refractivity contribution is -0.175. The van der Waals surface area contributed by atoms with Crippen LogP contribution in [0.3, 0.4) is 0 Å². The largest absolute Gasteiger partial charge is 0.393 e. The first-order valence-corrected chi connectivity index (χ1v) is 27.0. The van der Waals surface area contributed by atoms with Crippen LogP contribution in [-0.2, 0) is 143 Å². The van der Waals surface area contributed by atoms with E-state index in [9.17, 15) is 95.9 Å². The van der Waals surface area contributed by atoms with Crippen LogP contribution in [-0.4, -0.2) is 119 Å². The Labute approximate surface area is 473 Å². The number of ether oxygens (including phenoxy) is 10. The standard InChI is InChI=1S/C16H12O6.C12H10O6.C10H8O6.C9H8O6.C8H4O6/c17-12-6-10(14(18)21-12)9-5-11-13(16(20)22-15(11)19)8-4-2-1-3-7(8)9;13-9-3-1-4(10(14)17-9)8-6-2-5(7(3)8)11(15)18-12(6)16;11-6-2-3-4-1-5(7(3)10(14)15-6)9(13)16-8(4)12;10-6-2-4(8(12)14-6)1-5-3-7(11)15-9(5)13;9-5-1-2(6(10)13-5)4-3(1)7(11)14-8(4)12/h1-4,9-11,13H,5-6H2;3-8H,1-2H2;3-5,7H,1-2H2;4-5H,1-3H2;1-4H. The van der Waals surface area contributed by atoms with Crippen LogP contribution < -0.4 is 0 Å². The summed E-state index contributed by atoms with van der Waals surface area (Å²) in [4.78, 5) is 227. The second kappa shape index (κ2) is 20.7. The quantitative estimate of drug-likeness (QED) is 0.141. The van der Waals surface area contributed by atoms with E-state index in [0.717, 1.165) is 5.56 Å². The minimum Gasteiger partial charge on any atom is -0.393 e. The average Bonchev–Trinajstić information content (AvgIpc) is 1.61. The molecule has 0 spiro atoms. The highest BCUT2D eigenvalue weighted by Gasteiger charge is 2.73. The van der Waals surface area contributed by atoms with Gasteiger partial charge in [-0.25, -0.2) is 0 Å². The maximum absolute atomic E-state index is 11.9. The first-order valence-electron chi connectivity index (χ1n) is 27.0. The van der Waals surface area contributed by atoms with Gasteiger partial charge >= 0.3 is 119 Å². The minimum atomic E-state index is -0.786. The van der Waals surface area contributed by atoms with Crippen LogP contribution in [0.25, 0.3) is 0 Å². The minimum absolute atomic E-state index is 0.0121. The molecule has 14 unspecified atom stereocenters. The van der Waals surface area contributed by atoms with E-state index in [1.54, 1.807) is 12.1 Å². The van der Waals surface area contributed by atoms with Gasteiger partial charge in [-0.1, -0.05) is 24.3 Å². The van der Waals surface area contributed by atoms with Crippen LogP contribution in [0.5, 0.6) is 0 Å². The topological polar surface area (TPSA) is 434 Å². The van der Waals surface area contributed by atoms with Crippen LogP contribution >= 0.6 is 0 Å². The lowest BCUT2D eigenvalue weighted by atomic mass is 9.59. The number of hydrogen-bond acceptors (Lipinski definition) is 30. The summed E-state index contributed by atoms with van der Waals surface area (Å²) < 4.78 is 45.2. The fourth-order valence-electron chi connectivity index (χ4n) is 15.2. The Morgan fingerprint density at radius 3 is 1.05 bits per heavy atom. The van der Waals surface area contributed by atoms with Crippen molar-refractivity contribution in [3.05, 3.63) is 35.4 Å². The second-order valence-electron chi connectivity index (χ2n) is 23.0. The molecule has 30 nitrogen and oxygen atoms in total. The zero-order chi connectivity index (χ0) is 60.5. The lowest BCUT2D eigenvalue weighted by Gasteiger charge is -2.33. The molecule has 15 aliphatic rings.